The second-order valence-electron chi connectivity index (χ2n) is 7.39. The summed E-state index contributed by atoms with van der Waals surface area (Å²) in [6.07, 6.45) is 1.72. The van der Waals surface area contributed by atoms with Crippen LogP contribution < -0.4 is 5.32 Å². The van der Waals surface area contributed by atoms with E-state index >= 15 is 0 Å². The normalized spacial score (nSPS) is 11.8. The van der Waals surface area contributed by atoms with Gasteiger partial charge < -0.3 is 5.32 Å². The Kier molecular flexibility index (Phi) is 4.53. The molecule has 2 heteroatoms. The summed E-state index contributed by atoms with van der Waals surface area (Å²) in [4.78, 5) is 12.5. The van der Waals surface area contributed by atoms with Gasteiger partial charge in [0.1, 0.15) is 0 Å². The molecule has 0 aliphatic carbocycles. The van der Waals surface area contributed by atoms with Crippen LogP contribution >= 0.6 is 0 Å². The predicted molar refractivity (Wildman–Crippen MR) is 127 cm³/mol. The van der Waals surface area contributed by atoms with E-state index in [0.29, 0.717) is 0 Å². The van der Waals surface area contributed by atoms with Gasteiger partial charge in [-0.15, -0.1) is 0 Å². The van der Waals surface area contributed by atoms with Crippen molar-refractivity contribution < 1.29 is 4.79 Å². The summed E-state index contributed by atoms with van der Waals surface area (Å²) < 4.78 is 0. The molecule has 0 atom stereocenters. The SMILES string of the molecule is CNC(=O)/C=C(\c1cccc2ccccc12)c1cc2ccccc2c2ccccc12. The van der Waals surface area contributed by atoms with E-state index < -0.39 is 0 Å². The molecular formula is C28H21NO. The van der Waals surface area contributed by atoms with Gasteiger partial charge in [-0.2, -0.15) is 0 Å². The minimum atomic E-state index is -0.116. The van der Waals surface area contributed by atoms with Crippen LogP contribution in [0.25, 0.3) is 37.9 Å². The average Bonchev–Trinajstić information content (AvgIpc) is 2.81. The number of rotatable bonds is 3. The van der Waals surface area contributed by atoms with Crippen LogP contribution in [0.3, 0.4) is 0 Å². The molecular weight excluding hydrogens is 366 g/mol. The summed E-state index contributed by atoms with van der Waals surface area (Å²) in [5.74, 6) is -0.116. The topological polar surface area (TPSA) is 29.1 Å². The van der Waals surface area contributed by atoms with Gasteiger partial charge >= 0.3 is 0 Å². The van der Waals surface area contributed by atoms with Crippen molar-refractivity contribution in [2.45, 2.75) is 0 Å². The molecule has 0 radical (unpaired) electrons. The van der Waals surface area contributed by atoms with Gasteiger partial charge in [0, 0.05) is 13.1 Å². The van der Waals surface area contributed by atoms with Gasteiger partial charge in [0.2, 0.25) is 5.91 Å². The predicted octanol–water partition coefficient (Wildman–Crippen LogP) is 6.32. The highest BCUT2D eigenvalue weighted by Gasteiger charge is 2.15. The fraction of sp³-hybridized carbons (Fsp3) is 0.0357. The zero-order valence-corrected chi connectivity index (χ0v) is 16.7. The quantitative estimate of drug-likeness (QED) is 0.285. The lowest BCUT2D eigenvalue weighted by Crippen LogP contribution is -2.15. The Balaban J connectivity index is 1.91. The van der Waals surface area contributed by atoms with Crippen LogP contribution in [0.4, 0.5) is 0 Å². The Morgan fingerprint density at radius 1 is 0.633 bits per heavy atom. The molecule has 5 aromatic rings. The number of likely N-dealkylation sites (N-methyl/N-ethyl adjacent to an activating group) is 1. The van der Waals surface area contributed by atoms with Crippen LogP contribution in [0.1, 0.15) is 11.1 Å². The van der Waals surface area contributed by atoms with Crippen LogP contribution in [-0.2, 0) is 4.79 Å². The lowest BCUT2D eigenvalue weighted by Gasteiger charge is -2.16. The van der Waals surface area contributed by atoms with Crippen molar-refractivity contribution in [3.05, 3.63) is 114 Å². The molecule has 5 aromatic carbocycles. The van der Waals surface area contributed by atoms with Gasteiger partial charge in [0.25, 0.3) is 0 Å². The van der Waals surface area contributed by atoms with E-state index in [0.717, 1.165) is 38.2 Å². The first-order valence-electron chi connectivity index (χ1n) is 10.1. The van der Waals surface area contributed by atoms with E-state index in [4.69, 9.17) is 0 Å². The third kappa shape index (κ3) is 3.03. The molecule has 2 nitrogen and oxygen atoms in total. The molecule has 0 spiro atoms. The maximum Gasteiger partial charge on any atom is 0.244 e. The molecule has 0 aliphatic heterocycles. The van der Waals surface area contributed by atoms with Crippen LogP contribution in [0.2, 0.25) is 0 Å². The van der Waals surface area contributed by atoms with Crippen molar-refractivity contribution in [1.82, 2.24) is 5.32 Å². The van der Waals surface area contributed by atoms with Crippen molar-refractivity contribution in [2.75, 3.05) is 7.05 Å². The summed E-state index contributed by atoms with van der Waals surface area (Å²) in [7, 11) is 1.66. The van der Waals surface area contributed by atoms with E-state index in [1.54, 1.807) is 13.1 Å². The van der Waals surface area contributed by atoms with Gasteiger partial charge in [-0.05, 0) is 55.1 Å². The number of carbonyl (C=O) groups excluding carboxylic acids is 1. The number of amides is 1. The van der Waals surface area contributed by atoms with Crippen molar-refractivity contribution in [3.8, 4) is 0 Å². The highest BCUT2D eigenvalue weighted by molar-refractivity contribution is 6.16. The number of benzene rings is 5. The van der Waals surface area contributed by atoms with Gasteiger partial charge in [-0.1, -0.05) is 91.0 Å². The maximum absolute atomic E-state index is 12.5. The van der Waals surface area contributed by atoms with Gasteiger partial charge in [0.05, 0.1) is 0 Å². The maximum atomic E-state index is 12.5. The molecule has 0 fully saturated rings. The summed E-state index contributed by atoms with van der Waals surface area (Å²) in [5.41, 5.74) is 3.04. The lowest BCUT2D eigenvalue weighted by atomic mass is 9.87. The zero-order chi connectivity index (χ0) is 20.5. The number of fused-ring (bicyclic) bond motifs is 4. The van der Waals surface area contributed by atoms with E-state index in [2.05, 4.69) is 90.2 Å². The van der Waals surface area contributed by atoms with Crippen molar-refractivity contribution in [1.29, 1.82) is 0 Å². The van der Waals surface area contributed by atoms with Crippen LogP contribution in [-0.4, -0.2) is 13.0 Å². The second-order valence-corrected chi connectivity index (χ2v) is 7.39. The van der Waals surface area contributed by atoms with Crippen molar-refractivity contribution in [3.63, 3.8) is 0 Å². The largest absolute Gasteiger partial charge is 0.356 e. The smallest absolute Gasteiger partial charge is 0.244 e. The molecule has 0 bridgehead atoms. The first-order chi connectivity index (χ1) is 14.8. The van der Waals surface area contributed by atoms with E-state index in [1.807, 2.05) is 12.1 Å². The van der Waals surface area contributed by atoms with Crippen LogP contribution in [0.5, 0.6) is 0 Å². The number of carbonyl (C=O) groups is 1. The van der Waals surface area contributed by atoms with E-state index in [-0.39, 0.29) is 5.91 Å². The fourth-order valence-electron chi connectivity index (χ4n) is 4.24. The summed E-state index contributed by atoms with van der Waals surface area (Å²) in [5, 5.41) is 9.75. The number of hydrogen-bond donors (Lipinski definition) is 1. The Morgan fingerprint density at radius 3 is 2.00 bits per heavy atom. The van der Waals surface area contributed by atoms with E-state index in [9.17, 15) is 4.79 Å². The first kappa shape index (κ1) is 18.1. The lowest BCUT2D eigenvalue weighted by molar-refractivity contribution is -0.116. The van der Waals surface area contributed by atoms with Crippen LogP contribution in [0.15, 0.2) is 103 Å². The zero-order valence-electron chi connectivity index (χ0n) is 16.7. The number of nitrogens with one attached hydrogen (secondary N) is 1. The molecule has 0 unspecified atom stereocenters. The molecule has 0 saturated carbocycles. The summed E-state index contributed by atoms with van der Waals surface area (Å²) >= 11 is 0. The molecule has 30 heavy (non-hydrogen) atoms. The highest BCUT2D eigenvalue weighted by atomic mass is 16.1. The minimum absolute atomic E-state index is 0.116. The summed E-state index contributed by atoms with van der Waals surface area (Å²) in [6.45, 7) is 0. The Hall–Kier alpha value is -3.91. The number of hydrogen-bond acceptors (Lipinski definition) is 1. The monoisotopic (exact) mass is 387 g/mol. The van der Waals surface area contributed by atoms with Crippen molar-refractivity contribution in [2.24, 2.45) is 0 Å². The van der Waals surface area contributed by atoms with Crippen LogP contribution in [0, 0.1) is 0 Å². The molecule has 0 heterocycles. The van der Waals surface area contributed by atoms with Gasteiger partial charge in [-0.25, -0.2) is 0 Å². The highest BCUT2D eigenvalue weighted by Crippen LogP contribution is 2.37. The van der Waals surface area contributed by atoms with Gasteiger partial charge in [0.15, 0.2) is 0 Å². The van der Waals surface area contributed by atoms with E-state index in [1.165, 1.54) is 10.8 Å². The molecule has 5 rings (SSSR count). The standard InChI is InChI=1S/C28H21NO/c1-29-28(30)18-27(24-16-8-11-19-9-2-4-12-21(19)24)26-17-20-10-3-5-13-22(20)23-14-6-7-15-25(23)26/h2-18H,1H3,(H,29,30)/b27-18+. The molecule has 1 N–H and O–H groups in total. The average molecular weight is 387 g/mol. The van der Waals surface area contributed by atoms with Crippen molar-refractivity contribution >= 4 is 43.8 Å². The fourth-order valence-corrected chi connectivity index (χ4v) is 4.24. The molecule has 0 aliphatic rings. The minimum Gasteiger partial charge on any atom is -0.356 e. The Morgan fingerprint density at radius 2 is 1.23 bits per heavy atom. The summed E-state index contributed by atoms with van der Waals surface area (Å²) in [6, 6.07) is 33.6. The molecule has 1 amide bonds. The van der Waals surface area contributed by atoms with Gasteiger partial charge in [-0.3, -0.25) is 4.79 Å². The molecule has 0 aromatic heterocycles. The Bertz CT molecular complexity index is 1440. The third-order valence-corrected chi connectivity index (χ3v) is 5.66. The Labute approximate surface area is 175 Å². The molecule has 0 saturated heterocycles. The molecule has 144 valence electrons. The third-order valence-electron chi connectivity index (χ3n) is 5.66. The first-order valence-corrected chi connectivity index (χ1v) is 10.1. The second kappa shape index (κ2) is 7.49.